The van der Waals surface area contributed by atoms with E-state index < -0.39 is 0 Å². The van der Waals surface area contributed by atoms with Gasteiger partial charge in [-0.3, -0.25) is 4.79 Å². The normalized spacial score (nSPS) is 21.2. The Hall–Kier alpha value is -1.81. The summed E-state index contributed by atoms with van der Waals surface area (Å²) in [5, 5.41) is 0.745. The van der Waals surface area contributed by atoms with Crippen LogP contribution in [0.15, 0.2) is 34.9 Å². The van der Waals surface area contributed by atoms with Crippen LogP contribution in [-0.4, -0.2) is 28.9 Å². The number of aromatic nitrogens is 1. The van der Waals surface area contributed by atoms with Gasteiger partial charge < -0.3 is 9.32 Å². The zero-order chi connectivity index (χ0) is 17.2. The van der Waals surface area contributed by atoms with Gasteiger partial charge in [0.05, 0.1) is 12.1 Å². The van der Waals surface area contributed by atoms with E-state index in [4.69, 9.17) is 16.0 Å². The average Bonchev–Trinajstić information content (AvgIpc) is 3.37. The number of rotatable bonds is 4. The van der Waals surface area contributed by atoms with Crippen LogP contribution in [0.4, 0.5) is 0 Å². The second-order valence-electron chi connectivity index (χ2n) is 7.18. The molecule has 1 saturated carbocycles. The molecule has 0 spiro atoms. The van der Waals surface area contributed by atoms with E-state index in [1.807, 2.05) is 29.2 Å². The molecule has 2 heterocycles. The SMILES string of the molecule is O=C(C1CCCC1)N1CC[C@@H](c2ncc(Cc3ccccc3Cl)o2)C1. The van der Waals surface area contributed by atoms with Gasteiger partial charge in [-0.2, -0.15) is 0 Å². The van der Waals surface area contributed by atoms with Gasteiger partial charge in [-0.05, 0) is 30.9 Å². The standard InChI is InChI=1S/C20H23ClN2O2/c21-18-8-4-3-7-15(18)11-17-12-22-19(25-17)16-9-10-23(13-16)20(24)14-5-1-2-6-14/h3-4,7-8,12,14,16H,1-2,5-6,9-11,13H2/t16-/m1/s1. The fourth-order valence-electron chi connectivity index (χ4n) is 4.02. The van der Waals surface area contributed by atoms with E-state index in [1.54, 1.807) is 6.20 Å². The van der Waals surface area contributed by atoms with Crippen molar-refractivity contribution in [2.45, 2.75) is 44.4 Å². The summed E-state index contributed by atoms with van der Waals surface area (Å²) in [6.07, 6.45) is 7.87. The van der Waals surface area contributed by atoms with E-state index in [-0.39, 0.29) is 11.8 Å². The van der Waals surface area contributed by atoms with Gasteiger partial charge >= 0.3 is 0 Å². The highest BCUT2D eigenvalue weighted by molar-refractivity contribution is 6.31. The summed E-state index contributed by atoms with van der Waals surface area (Å²) < 4.78 is 5.97. The van der Waals surface area contributed by atoms with Gasteiger partial charge in [0.2, 0.25) is 5.91 Å². The van der Waals surface area contributed by atoms with Crippen molar-refractivity contribution in [2.75, 3.05) is 13.1 Å². The van der Waals surface area contributed by atoms with Crippen LogP contribution in [-0.2, 0) is 11.2 Å². The van der Waals surface area contributed by atoms with Gasteiger partial charge in [-0.25, -0.2) is 4.98 Å². The molecule has 25 heavy (non-hydrogen) atoms. The number of hydrogen-bond donors (Lipinski definition) is 0. The van der Waals surface area contributed by atoms with Crippen LogP contribution in [0.2, 0.25) is 5.02 Å². The predicted molar refractivity (Wildman–Crippen MR) is 96.7 cm³/mol. The summed E-state index contributed by atoms with van der Waals surface area (Å²) in [4.78, 5) is 19.0. The molecule has 1 saturated heterocycles. The van der Waals surface area contributed by atoms with E-state index >= 15 is 0 Å². The zero-order valence-electron chi connectivity index (χ0n) is 14.3. The quantitative estimate of drug-likeness (QED) is 0.812. The highest BCUT2D eigenvalue weighted by Gasteiger charge is 2.34. The third-order valence-electron chi connectivity index (χ3n) is 5.45. The first-order chi connectivity index (χ1) is 12.2. The molecule has 132 valence electrons. The number of oxazole rings is 1. The molecule has 0 radical (unpaired) electrons. The van der Waals surface area contributed by atoms with Crippen LogP contribution >= 0.6 is 11.6 Å². The van der Waals surface area contributed by atoms with Crippen LogP contribution in [0.3, 0.4) is 0 Å². The lowest BCUT2D eigenvalue weighted by Gasteiger charge is -2.20. The van der Waals surface area contributed by atoms with E-state index in [1.165, 1.54) is 12.8 Å². The summed E-state index contributed by atoms with van der Waals surface area (Å²) in [5.41, 5.74) is 1.04. The minimum atomic E-state index is 0.213. The van der Waals surface area contributed by atoms with Crippen molar-refractivity contribution in [1.82, 2.24) is 9.88 Å². The van der Waals surface area contributed by atoms with Crippen molar-refractivity contribution in [1.29, 1.82) is 0 Å². The monoisotopic (exact) mass is 358 g/mol. The maximum atomic E-state index is 12.6. The third kappa shape index (κ3) is 3.59. The summed E-state index contributed by atoms with van der Waals surface area (Å²) in [6.45, 7) is 1.56. The fraction of sp³-hybridized carbons (Fsp3) is 0.500. The highest BCUT2D eigenvalue weighted by atomic mass is 35.5. The van der Waals surface area contributed by atoms with Crippen LogP contribution in [0.1, 0.15) is 55.2 Å². The first-order valence-electron chi connectivity index (χ1n) is 9.17. The molecule has 1 aliphatic carbocycles. The van der Waals surface area contributed by atoms with Crippen LogP contribution in [0, 0.1) is 5.92 Å². The lowest BCUT2D eigenvalue weighted by molar-refractivity contribution is -0.134. The van der Waals surface area contributed by atoms with Gasteiger partial charge in [0, 0.05) is 30.5 Å². The molecule has 4 rings (SSSR count). The Kier molecular flexibility index (Phi) is 4.80. The summed E-state index contributed by atoms with van der Waals surface area (Å²) in [7, 11) is 0. The molecule has 1 amide bonds. The second-order valence-corrected chi connectivity index (χ2v) is 7.59. The lowest BCUT2D eigenvalue weighted by atomic mass is 10.1. The van der Waals surface area contributed by atoms with Crippen LogP contribution in [0.5, 0.6) is 0 Å². The second kappa shape index (κ2) is 7.20. The molecule has 0 unspecified atom stereocenters. The van der Waals surface area contributed by atoms with Crippen molar-refractivity contribution >= 4 is 17.5 Å². The molecule has 0 bridgehead atoms. The number of carbonyl (C=O) groups is 1. The van der Waals surface area contributed by atoms with Crippen LogP contribution in [0.25, 0.3) is 0 Å². The van der Waals surface area contributed by atoms with Crippen molar-refractivity contribution in [2.24, 2.45) is 5.92 Å². The van der Waals surface area contributed by atoms with E-state index in [2.05, 4.69) is 4.98 Å². The van der Waals surface area contributed by atoms with Gasteiger partial charge in [-0.15, -0.1) is 0 Å². The Balaban J connectivity index is 1.39. The number of amides is 1. The van der Waals surface area contributed by atoms with Crippen molar-refractivity contribution in [3.8, 4) is 0 Å². The minimum Gasteiger partial charge on any atom is -0.445 e. The lowest BCUT2D eigenvalue weighted by Crippen LogP contribution is -2.33. The van der Waals surface area contributed by atoms with Crippen molar-refractivity contribution in [3.05, 3.63) is 52.7 Å². The van der Waals surface area contributed by atoms with Gasteiger partial charge in [0.15, 0.2) is 5.89 Å². The topological polar surface area (TPSA) is 46.3 Å². The Morgan fingerprint density at radius 1 is 1.24 bits per heavy atom. The number of carbonyl (C=O) groups excluding carboxylic acids is 1. The zero-order valence-corrected chi connectivity index (χ0v) is 15.0. The van der Waals surface area contributed by atoms with E-state index in [0.717, 1.165) is 54.6 Å². The Labute approximate surface area is 153 Å². The highest BCUT2D eigenvalue weighted by Crippen LogP contribution is 2.32. The molecule has 2 fully saturated rings. The van der Waals surface area contributed by atoms with Gasteiger partial charge in [-0.1, -0.05) is 42.6 Å². The molecular formula is C20H23ClN2O2. The third-order valence-corrected chi connectivity index (χ3v) is 5.82. The fourth-order valence-corrected chi connectivity index (χ4v) is 4.22. The predicted octanol–water partition coefficient (Wildman–Crippen LogP) is 4.42. The van der Waals surface area contributed by atoms with Crippen LogP contribution < -0.4 is 0 Å². The summed E-state index contributed by atoms with van der Waals surface area (Å²) >= 11 is 6.22. The largest absolute Gasteiger partial charge is 0.445 e. The van der Waals surface area contributed by atoms with Crippen molar-refractivity contribution < 1.29 is 9.21 Å². The summed E-state index contributed by atoms with van der Waals surface area (Å²) in [6, 6.07) is 7.79. The minimum absolute atomic E-state index is 0.213. The molecule has 1 aromatic carbocycles. The molecule has 1 aromatic heterocycles. The number of hydrogen-bond acceptors (Lipinski definition) is 3. The molecule has 0 N–H and O–H groups in total. The molecule has 2 aromatic rings. The number of benzene rings is 1. The van der Waals surface area contributed by atoms with E-state index in [0.29, 0.717) is 12.3 Å². The number of likely N-dealkylation sites (tertiary alicyclic amines) is 1. The number of nitrogens with zero attached hydrogens (tertiary/aromatic N) is 2. The molecular weight excluding hydrogens is 336 g/mol. The molecule has 2 aliphatic rings. The Morgan fingerprint density at radius 2 is 2.04 bits per heavy atom. The van der Waals surface area contributed by atoms with Crippen molar-refractivity contribution in [3.63, 3.8) is 0 Å². The Bertz CT molecular complexity index is 752. The van der Waals surface area contributed by atoms with Gasteiger partial charge in [0.1, 0.15) is 5.76 Å². The maximum Gasteiger partial charge on any atom is 0.225 e. The smallest absolute Gasteiger partial charge is 0.225 e. The van der Waals surface area contributed by atoms with Gasteiger partial charge in [0.25, 0.3) is 0 Å². The molecule has 4 nitrogen and oxygen atoms in total. The molecule has 1 atom stereocenters. The van der Waals surface area contributed by atoms with E-state index in [9.17, 15) is 4.79 Å². The average molecular weight is 359 g/mol. The number of halogens is 1. The maximum absolute atomic E-state index is 12.6. The summed E-state index contributed by atoms with van der Waals surface area (Å²) in [5.74, 6) is 2.37. The molecule has 5 heteroatoms. The first kappa shape index (κ1) is 16.6. The Morgan fingerprint density at radius 3 is 2.84 bits per heavy atom. The molecule has 1 aliphatic heterocycles. The first-order valence-corrected chi connectivity index (χ1v) is 9.55.